The van der Waals surface area contributed by atoms with Crippen LogP contribution in [0.2, 0.25) is 0 Å². The summed E-state index contributed by atoms with van der Waals surface area (Å²) in [7, 11) is 0. The first-order chi connectivity index (χ1) is 9.22. The van der Waals surface area contributed by atoms with Crippen molar-refractivity contribution in [2.45, 2.75) is 38.5 Å². The molecular weight excluding hydrogens is 254 g/mol. The lowest BCUT2D eigenvalue weighted by Crippen LogP contribution is -2.01. The zero-order chi connectivity index (χ0) is 13.2. The van der Waals surface area contributed by atoms with Gasteiger partial charge in [0.25, 0.3) is 0 Å². The maximum atomic E-state index is 5.30. The Hall–Kier alpha value is -1.55. The molecule has 0 bridgehead atoms. The predicted molar refractivity (Wildman–Crippen MR) is 78.6 cm³/mol. The molecule has 2 heterocycles. The van der Waals surface area contributed by atoms with E-state index in [-0.39, 0.29) is 0 Å². The van der Waals surface area contributed by atoms with Gasteiger partial charge in [-0.15, -0.1) is 0 Å². The Bertz CT molecular complexity index is 642. The zero-order valence-corrected chi connectivity index (χ0v) is 11.8. The molecule has 98 valence electrons. The summed E-state index contributed by atoms with van der Waals surface area (Å²) < 4.78 is 0.652. The van der Waals surface area contributed by atoms with Crippen LogP contribution in [0.3, 0.4) is 0 Å². The van der Waals surface area contributed by atoms with Gasteiger partial charge in [0.05, 0.1) is 0 Å². The van der Waals surface area contributed by atoms with Gasteiger partial charge in [0, 0.05) is 11.4 Å². The van der Waals surface area contributed by atoms with Gasteiger partial charge in [-0.05, 0) is 43.9 Å². The van der Waals surface area contributed by atoms with E-state index in [0.29, 0.717) is 10.6 Å². The lowest BCUT2D eigenvalue weighted by molar-refractivity contribution is 0.694. The zero-order valence-electron chi connectivity index (χ0n) is 11.0. The number of hydrogen-bond donors (Lipinski definition) is 1. The molecule has 0 aromatic carbocycles. The van der Waals surface area contributed by atoms with Crippen molar-refractivity contribution in [3.63, 3.8) is 0 Å². The molecule has 2 aromatic rings. The van der Waals surface area contributed by atoms with Gasteiger partial charge in [0.1, 0.15) is 10.3 Å². The van der Waals surface area contributed by atoms with E-state index in [1.54, 1.807) is 0 Å². The fourth-order valence-corrected chi connectivity index (χ4v) is 2.95. The minimum Gasteiger partial charge on any atom is -0.342 e. The quantitative estimate of drug-likeness (QED) is 0.834. The van der Waals surface area contributed by atoms with Crippen molar-refractivity contribution in [1.82, 2.24) is 15.0 Å². The summed E-state index contributed by atoms with van der Waals surface area (Å²) in [6.45, 7) is 1.99. The summed E-state index contributed by atoms with van der Waals surface area (Å²) >= 11 is 5.30. The first-order valence-corrected chi connectivity index (χ1v) is 7.18. The smallest absolute Gasteiger partial charge is 0.157 e. The number of aryl methyl sites for hydroxylation is 1. The highest BCUT2D eigenvalue weighted by Gasteiger charge is 2.18. The van der Waals surface area contributed by atoms with Gasteiger partial charge in [-0.2, -0.15) is 0 Å². The average molecular weight is 271 g/mol. The normalized spacial score (nSPS) is 15.8. The highest BCUT2D eigenvalue weighted by molar-refractivity contribution is 7.71. The van der Waals surface area contributed by atoms with E-state index in [4.69, 9.17) is 12.2 Å². The molecule has 19 heavy (non-hydrogen) atoms. The lowest BCUT2D eigenvalue weighted by Gasteiger charge is -2.11. The van der Waals surface area contributed by atoms with Crippen LogP contribution in [0.5, 0.6) is 0 Å². The Labute approximate surface area is 118 Å². The van der Waals surface area contributed by atoms with E-state index < -0.39 is 0 Å². The molecule has 1 N–H and O–H groups in total. The molecule has 3 nitrogen and oxygen atoms in total. The largest absolute Gasteiger partial charge is 0.342 e. The van der Waals surface area contributed by atoms with E-state index in [9.17, 15) is 0 Å². The molecule has 1 aliphatic rings. The summed E-state index contributed by atoms with van der Waals surface area (Å²) in [6.07, 6.45) is 5.11. The highest BCUT2D eigenvalue weighted by Crippen LogP contribution is 2.33. The highest BCUT2D eigenvalue weighted by atomic mass is 32.1. The summed E-state index contributed by atoms with van der Waals surface area (Å²) in [5.74, 6) is 1.39. The number of nitrogens with one attached hydrogen (secondary N) is 1. The van der Waals surface area contributed by atoms with Gasteiger partial charge < -0.3 is 4.98 Å². The lowest BCUT2D eigenvalue weighted by atomic mass is 10.0. The molecule has 0 amide bonds. The third-order valence-corrected chi connectivity index (χ3v) is 3.90. The second-order valence-electron chi connectivity index (χ2n) is 5.17. The first-order valence-electron chi connectivity index (χ1n) is 6.78. The topological polar surface area (TPSA) is 41.6 Å². The molecule has 3 rings (SSSR count). The van der Waals surface area contributed by atoms with Gasteiger partial charge in [0.2, 0.25) is 0 Å². The van der Waals surface area contributed by atoms with Gasteiger partial charge in [0.15, 0.2) is 5.82 Å². The van der Waals surface area contributed by atoms with E-state index >= 15 is 0 Å². The van der Waals surface area contributed by atoms with Crippen LogP contribution in [0.15, 0.2) is 24.3 Å². The second-order valence-corrected chi connectivity index (χ2v) is 5.59. The molecule has 0 unspecified atom stereocenters. The second kappa shape index (κ2) is 5.21. The molecule has 2 aromatic heterocycles. The van der Waals surface area contributed by atoms with Crippen LogP contribution in [-0.2, 0) is 0 Å². The number of aromatic nitrogens is 3. The number of H-pyrrole nitrogens is 1. The van der Waals surface area contributed by atoms with E-state index in [1.165, 1.54) is 31.4 Å². The monoisotopic (exact) mass is 271 g/mol. The number of pyridine rings is 1. The molecule has 1 aliphatic carbocycles. The number of nitrogens with zero attached hydrogens (tertiary/aromatic N) is 2. The van der Waals surface area contributed by atoms with Crippen molar-refractivity contribution in [3.8, 4) is 11.5 Å². The van der Waals surface area contributed by atoms with Crippen molar-refractivity contribution < 1.29 is 0 Å². The van der Waals surface area contributed by atoms with Crippen LogP contribution in [-0.4, -0.2) is 15.0 Å². The van der Waals surface area contributed by atoms with E-state index in [2.05, 4.69) is 15.0 Å². The van der Waals surface area contributed by atoms with Crippen LogP contribution in [0.4, 0.5) is 0 Å². The number of rotatable bonds is 2. The van der Waals surface area contributed by atoms with Gasteiger partial charge in [-0.25, -0.2) is 9.97 Å². The number of hydrogen-bond acceptors (Lipinski definition) is 3. The third kappa shape index (κ3) is 2.73. The van der Waals surface area contributed by atoms with Gasteiger partial charge in [-0.1, -0.05) is 31.1 Å². The Balaban J connectivity index is 2.04. The molecule has 1 saturated carbocycles. The predicted octanol–water partition coefficient (Wildman–Crippen LogP) is 4.17. The number of aromatic amines is 1. The van der Waals surface area contributed by atoms with E-state index in [1.807, 2.05) is 31.2 Å². The molecule has 0 radical (unpaired) electrons. The maximum Gasteiger partial charge on any atom is 0.157 e. The summed E-state index contributed by atoms with van der Waals surface area (Å²) in [4.78, 5) is 12.4. The van der Waals surface area contributed by atoms with Crippen LogP contribution < -0.4 is 0 Å². The fraction of sp³-hybridized carbons (Fsp3) is 0.400. The van der Waals surface area contributed by atoms with Gasteiger partial charge >= 0.3 is 0 Å². The first kappa shape index (κ1) is 12.5. The standard InChI is InChI=1S/C15H17N3S/c1-10-5-4-8-12(16-10)15-17-13(9-14(19)18-15)11-6-2-3-7-11/h4-5,8-9,11H,2-3,6-7H2,1H3,(H,17,18,19). The minimum absolute atomic E-state index is 0.605. The SMILES string of the molecule is Cc1cccc(-c2nc(=S)cc(C3CCCC3)[nH]2)n1. The Morgan fingerprint density at radius 3 is 2.74 bits per heavy atom. The third-order valence-electron chi connectivity index (χ3n) is 3.69. The molecular formula is C15H17N3S. The minimum atomic E-state index is 0.605. The molecule has 0 saturated heterocycles. The van der Waals surface area contributed by atoms with Crippen molar-refractivity contribution in [1.29, 1.82) is 0 Å². The molecule has 0 atom stereocenters. The van der Waals surface area contributed by atoms with Gasteiger partial charge in [-0.3, -0.25) is 0 Å². The van der Waals surface area contributed by atoms with Crippen LogP contribution >= 0.6 is 12.2 Å². The Kier molecular flexibility index (Phi) is 3.42. The molecule has 0 spiro atoms. The van der Waals surface area contributed by atoms with Crippen molar-refractivity contribution in [2.24, 2.45) is 0 Å². The molecule has 0 aliphatic heterocycles. The Morgan fingerprint density at radius 2 is 2.00 bits per heavy atom. The molecule has 4 heteroatoms. The van der Waals surface area contributed by atoms with Crippen LogP contribution in [0.1, 0.15) is 43.0 Å². The van der Waals surface area contributed by atoms with Crippen molar-refractivity contribution >= 4 is 12.2 Å². The van der Waals surface area contributed by atoms with Crippen LogP contribution in [0.25, 0.3) is 11.5 Å². The van der Waals surface area contributed by atoms with Crippen molar-refractivity contribution in [2.75, 3.05) is 0 Å². The molecule has 1 fully saturated rings. The van der Waals surface area contributed by atoms with Crippen molar-refractivity contribution in [3.05, 3.63) is 40.3 Å². The summed E-state index contributed by atoms with van der Waals surface area (Å²) in [5, 5.41) is 0. The summed E-state index contributed by atoms with van der Waals surface area (Å²) in [6, 6.07) is 7.96. The fourth-order valence-electron chi connectivity index (χ4n) is 2.73. The van der Waals surface area contributed by atoms with Crippen LogP contribution in [0, 0.1) is 11.6 Å². The van der Waals surface area contributed by atoms with E-state index in [0.717, 1.165) is 17.2 Å². The summed E-state index contributed by atoms with van der Waals surface area (Å²) in [5.41, 5.74) is 3.08. The Morgan fingerprint density at radius 1 is 1.21 bits per heavy atom. The maximum absolute atomic E-state index is 5.30. The average Bonchev–Trinajstić information content (AvgIpc) is 2.92.